The molecule has 0 saturated heterocycles. The van der Waals surface area contributed by atoms with Crippen LogP contribution in [0.1, 0.15) is 39.0 Å². The first-order valence-electron chi connectivity index (χ1n) is 4.79. The fourth-order valence-corrected chi connectivity index (χ4v) is 2.60. The molecule has 0 N–H and O–H groups in total. The van der Waals surface area contributed by atoms with E-state index in [0.29, 0.717) is 10.8 Å². The molecule has 12 heavy (non-hydrogen) atoms. The largest absolute Gasteiger partial charge is 0.385 e. The Morgan fingerprint density at radius 3 is 2.83 bits per heavy atom. The van der Waals surface area contributed by atoms with E-state index >= 15 is 0 Å². The summed E-state index contributed by atoms with van der Waals surface area (Å²) < 4.78 is 5.04. The number of ether oxygens (including phenoxy) is 1. The average Bonchev–Trinajstić information content (AvgIpc) is 2.32. The molecule has 0 aromatic carbocycles. The van der Waals surface area contributed by atoms with E-state index in [1.165, 1.54) is 32.1 Å². The fourth-order valence-electron chi connectivity index (χ4n) is 2.11. The molecule has 2 heteroatoms. The average molecular weight is 191 g/mol. The second-order valence-electron chi connectivity index (χ2n) is 4.25. The van der Waals surface area contributed by atoms with Crippen molar-refractivity contribution in [1.82, 2.24) is 0 Å². The first kappa shape index (κ1) is 10.3. The summed E-state index contributed by atoms with van der Waals surface area (Å²) in [7, 11) is 1.77. The lowest BCUT2D eigenvalue weighted by atomic mass is 9.84. The van der Waals surface area contributed by atoms with Crippen LogP contribution in [0.25, 0.3) is 0 Å². The summed E-state index contributed by atoms with van der Waals surface area (Å²) in [4.78, 5) is 0. The van der Waals surface area contributed by atoms with Crippen LogP contribution in [-0.2, 0) is 4.74 Å². The summed E-state index contributed by atoms with van der Waals surface area (Å²) in [5, 5.41) is 0.428. The number of hydrogen-bond acceptors (Lipinski definition) is 1. The Kier molecular flexibility index (Phi) is 3.85. The van der Waals surface area contributed by atoms with E-state index < -0.39 is 0 Å². The van der Waals surface area contributed by atoms with Gasteiger partial charge in [-0.1, -0.05) is 6.92 Å². The fraction of sp³-hybridized carbons (Fsp3) is 1.00. The third-order valence-corrected chi connectivity index (χ3v) is 3.28. The smallest absolute Gasteiger partial charge is 0.0462 e. The predicted octanol–water partition coefficient (Wildman–Crippen LogP) is 3.21. The van der Waals surface area contributed by atoms with E-state index in [1.807, 2.05) is 0 Å². The van der Waals surface area contributed by atoms with E-state index in [4.69, 9.17) is 16.3 Å². The van der Waals surface area contributed by atoms with Crippen molar-refractivity contribution in [1.29, 1.82) is 0 Å². The molecule has 1 saturated carbocycles. The van der Waals surface area contributed by atoms with E-state index in [2.05, 4.69) is 6.92 Å². The molecule has 0 radical (unpaired) electrons. The maximum absolute atomic E-state index is 6.08. The molecule has 1 aliphatic carbocycles. The molecule has 0 aliphatic heterocycles. The van der Waals surface area contributed by atoms with Gasteiger partial charge in [-0.3, -0.25) is 0 Å². The van der Waals surface area contributed by atoms with Crippen molar-refractivity contribution in [3.8, 4) is 0 Å². The summed E-state index contributed by atoms with van der Waals surface area (Å²) >= 11 is 6.08. The van der Waals surface area contributed by atoms with Crippen LogP contribution >= 0.6 is 11.6 Å². The SMILES string of the molecule is COCCCC1(C)CCC(Cl)C1. The normalized spacial score (nSPS) is 35.8. The van der Waals surface area contributed by atoms with Gasteiger partial charge in [0.2, 0.25) is 0 Å². The van der Waals surface area contributed by atoms with Gasteiger partial charge in [-0.05, 0) is 37.5 Å². The third-order valence-electron chi connectivity index (χ3n) is 2.90. The van der Waals surface area contributed by atoms with Crippen LogP contribution in [0.5, 0.6) is 0 Å². The maximum Gasteiger partial charge on any atom is 0.0462 e. The maximum atomic E-state index is 6.08. The van der Waals surface area contributed by atoms with Gasteiger partial charge in [0.05, 0.1) is 0 Å². The van der Waals surface area contributed by atoms with Gasteiger partial charge in [0.1, 0.15) is 0 Å². The molecular formula is C10H19ClO. The van der Waals surface area contributed by atoms with Gasteiger partial charge in [0, 0.05) is 19.1 Å². The molecule has 2 unspecified atom stereocenters. The summed E-state index contributed by atoms with van der Waals surface area (Å²) in [6.07, 6.45) is 6.13. The number of halogens is 1. The lowest BCUT2D eigenvalue weighted by Crippen LogP contribution is -2.12. The predicted molar refractivity (Wildman–Crippen MR) is 52.7 cm³/mol. The van der Waals surface area contributed by atoms with Gasteiger partial charge >= 0.3 is 0 Å². The minimum atomic E-state index is 0.428. The number of hydrogen-bond donors (Lipinski definition) is 0. The molecule has 1 aliphatic rings. The Morgan fingerprint density at radius 2 is 2.33 bits per heavy atom. The van der Waals surface area contributed by atoms with Crippen LogP contribution in [0.3, 0.4) is 0 Å². The standard InChI is InChI=1S/C10H19ClO/c1-10(5-3-7-12-2)6-4-9(11)8-10/h9H,3-8H2,1-2H3. The van der Waals surface area contributed by atoms with Gasteiger partial charge in [0.15, 0.2) is 0 Å². The molecule has 0 aromatic heterocycles. The lowest BCUT2D eigenvalue weighted by Gasteiger charge is -2.23. The molecule has 0 heterocycles. The van der Waals surface area contributed by atoms with Gasteiger partial charge in [-0.2, -0.15) is 0 Å². The van der Waals surface area contributed by atoms with Crippen molar-refractivity contribution >= 4 is 11.6 Å². The zero-order valence-corrected chi connectivity index (χ0v) is 8.86. The van der Waals surface area contributed by atoms with Crippen molar-refractivity contribution in [3.63, 3.8) is 0 Å². The molecule has 1 nitrogen and oxygen atoms in total. The number of rotatable bonds is 4. The van der Waals surface area contributed by atoms with Crippen LogP contribution in [-0.4, -0.2) is 19.1 Å². The van der Waals surface area contributed by atoms with Crippen molar-refractivity contribution < 1.29 is 4.74 Å². The highest BCUT2D eigenvalue weighted by molar-refractivity contribution is 6.20. The van der Waals surface area contributed by atoms with E-state index in [-0.39, 0.29) is 0 Å². The highest BCUT2D eigenvalue weighted by Gasteiger charge is 2.33. The van der Waals surface area contributed by atoms with Crippen molar-refractivity contribution in [2.75, 3.05) is 13.7 Å². The Balaban J connectivity index is 2.21. The van der Waals surface area contributed by atoms with Gasteiger partial charge < -0.3 is 4.74 Å². The van der Waals surface area contributed by atoms with Crippen molar-refractivity contribution in [3.05, 3.63) is 0 Å². The summed E-state index contributed by atoms with van der Waals surface area (Å²) in [5.74, 6) is 0. The molecule has 72 valence electrons. The first-order valence-corrected chi connectivity index (χ1v) is 5.23. The highest BCUT2D eigenvalue weighted by Crippen LogP contribution is 2.43. The summed E-state index contributed by atoms with van der Waals surface area (Å²) in [6, 6.07) is 0. The molecule has 0 bridgehead atoms. The summed E-state index contributed by atoms with van der Waals surface area (Å²) in [5.41, 5.74) is 0.505. The highest BCUT2D eigenvalue weighted by atomic mass is 35.5. The molecule has 2 atom stereocenters. The minimum Gasteiger partial charge on any atom is -0.385 e. The van der Waals surface area contributed by atoms with Crippen LogP contribution in [0.2, 0.25) is 0 Å². The Labute approximate surface area is 80.4 Å². The quantitative estimate of drug-likeness (QED) is 0.489. The molecule has 1 rings (SSSR count). The van der Waals surface area contributed by atoms with E-state index in [9.17, 15) is 0 Å². The van der Waals surface area contributed by atoms with Crippen LogP contribution in [0.15, 0.2) is 0 Å². The summed E-state index contributed by atoms with van der Waals surface area (Å²) in [6.45, 7) is 3.24. The Morgan fingerprint density at radius 1 is 1.58 bits per heavy atom. The number of alkyl halides is 1. The molecule has 0 amide bonds. The molecule has 1 fully saturated rings. The van der Waals surface area contributed by atoms with Crippen molar-refractivity contribution in [2.45, 2.75) is 44.4 Å². The number of methoxy groups -OCH3 is 1. The molecule has 0 aromatic rings. The molecular weight excluding hydrogens is 172 g/mol. The van der Waals surface area contributed by atoms with Crippen LogP contribution in [0, 0.1) is 5.41 Å². The van der Waals surface area contributed by atoms with Gasteiger partial charge in [0.25, 0.3) is 0 Å². The zero-order valence-electron chi connectivity index (χ0n) is 8.11. The van der Waals surface area contributed by atoms with Crippen LogP contribution in [0.4, 0.5) is 0 Å². The second kappa shape index (κ2) is 4.48. The van der Waals surface area contributed by atoms with E-state index in [1.54, 1.807) is 7.11 Å². The Bertz CT molecular complexity index is 138. The first-order chi connectivity index (χ1) is 5.66. The Hall–Kier alpha value is 0.250. The second-order valence-corrected chi connectivity index (χ2v) is 4.86. The molecule has 0 spiro atoms. The topological polar surface area (TPSA) is 9.23 Å². The van der Waals surface area contributed by atoms with Crippen molar-refractivity contribution in [2.24, 2.45) is 5.41 Å². The zero-order chi connectivity index (χ0) is 9.03. The van der Waals surface area contributed by atoms with Gasteiger partial charge in [-0.15, -0.1) is 11.6 Å². The lowest BCUT2D eigenvalue weighted by molar-refractivity contribution is 0.172. The minimum absolute atomic E-state index is 0.428. The third kappa shape index (κ3) is 2.95. The van der Waals surface area contributed by atoms with Gasteiger partial charge in [-0.25, -0.2) is 0 Å². The van der Waals surface area contributed by atoms with Crippen LogP contribution < -0.4 is 0 Å². The van der Waals surface area contributed by atoms with E-state index in [0.717, 1.165) is 6.61 Å². The monoisotopic (exact) mass is 190 g/mol.